The molecule has 0 spiro atoms. The van der Waals surface area contributed by atoms with E-state index in [0.717, 1.165) is 22.4 Å². The second-order valence-electron chi connectivity index (χ2n) is 9.58. The van der Waals surface area contributed by atoms with E-state index < -0.39 is 11.6 Å². The minimum Gasteiger partial charge on any atom is -0.384 e. The molecule has 1 aromatic carbocycles. The van der Waals surface area contributed by atoms with Crippen molar-refractivity contribution < 1.29 is 9.18 Å². The van der Waals surface area contributed by atoms with E-state index in [1.54, 1.807) is 30.9 Å². The fourth-order valence-electron chi connectivity index (χ4n) is 4.88. The first-order valence-electron chi connectivity index (χ1n) is 12.3. The first-order chi connectivity index (χ1) is 18.2. The number of pyridine rings is 1. The van der Waals surface area contributed by atoms with Gasteiger partial charge < -0.3 is 16.4 Å². The van der Waals surface area contributed by atoms with Crippen molar-refractivity contribution in [3.8, 4) is 11.3 Å². The number of aryl methyl sites for hydroxylation is 3. The van der Waals surface area contributed by atoms with Gasteiger partial charge in [0.15, 0.2) is 5.82 Å². The lowest BCUT2D eigenvalue weighted by atomic mass is 10.1. The number of carbonyl (C=O) groups excluding carboxylic acids is 1. The number of hydrogen-bond acceptors (Lipinski definition) is 7. The molecule has 3 aromatic heterocycles. The number of nitrogen functional groups attached to an aromatic ring is 1. The molecular formula is C27H29FN8O2. The molecule has 0 aliphatic carbocycles. The Balaban J connectivity index is 1.47. The lowest BCUT2D eigenvalue weighted by Gasteiger charge is -2.18. The highest BCUT2D eigenvalue weighted by Gasteiger charge is 2.33. The molecule has 0 saturated heterocycles. The average molecular weight is 517 g/mol. The van der Waals surface area contributed by atoms with Gasteiger partial charge in [-0.25, -0.2) is 14.4 Å². The first-order valence-corrected chi connectivity index (χ1v) is 12.3. The van der Waals surface area contributed by atoms with Crippen LogP contribution in [0.2, 0.25) is 0 Å². The number of hydrogen-bond donors (Lipinski definition) is 3. The van der Waals surface area contributed by atoms with Crippen LogP contribution in [0.3, 0.4) is 0 Å². The molecule has 0 radical (unpaired) electrons. The molecule has 4 aromatic rings. The highest BCUT2D eigenvalue weighted by molar-refractivity contribution is 5.81. The maximum atomic E-state index is 13.9. The second kappa shape index (κ2) is 10.1. The van der Waals surface area contributed by atoms with E-state index in [1.165, 1.54) is 16.7 Å². The van der Waals surface area contributed by atoms with Crippen molar-refractivity contribution in [2.45, 2.75) is 45.8 Å². The molecule has 1 aliphatic heterocycles. The number of aromatic nitrogens is 5. The number of benzene rings is 1. The zero-order chi connectivity index (χ0) is 27.0. The SMILES string of the molecule is Cc1cc(F)cc(CNc2nc(-c3cnn(C)c3)c3n(c2=O)[C@H](C(=O)NCc2ccc(N)nc2C)CC3)c1. The highest BCUT2D eigenvalue weighted by atomic mass is 19.1. The minimum atomic E-state index is -0.699. The largest absolute Gasteiger partial charge is 0.384 e. The van der Waals surface area contributed by atoms with E-state index in [1.807, 2.05) is 25.3 Å². The van der Waals surface area contributed by atoms with E-state index in [2.05, 4.69) is 25.7 Å². The molecule has 0 fully saturated rings. The van der Waals surface area contributed by atoms with E-state index in [-0.39, 0.29) is 30.6 Å². The summed E-state index contributed by atoms with van der Waals surface area (Å²) in [5.41, 5.74) is 10.4. The molecule has 196 valence electrons. The van der Waals surface area contributed by atoms with Crippen LogP contribution in [0.4, 0.5) is 16.0 Å². The van der Waals surface area contributed by atoms with Crippen molar-refractivity contribution >= 4 is 17.5 Å². The number of carbonyl (C=O) groups is 1. The molecule has 1 aliphatic rings. The maximum absolute atomic E-state index is 13.9. The first kappa shape index (κ1) is 25.1. The van der Waals surface area contributed by atoms with Crippen molar-refractivity contribution in [2.24, 2.45) is 7.05 Å². The van der Waals surface area contributed by atoms with E-state index in [9.17, 15) is 14.0 Å². The van der Waals surface area contributed by atoms with Crippen LogP contribution in [-0.2, 0) is 31.4 Å². The molecule has 1 amide bonds. The number of fused-ring (bicyclic) bond motifs is 1. The number of amides is 1. The third-order valence-electron chi connectivity index (χ3n) is 6.69. The van der Waals surface area contributed by atoms with Crippen molar-refractivity contribution in [3.63, 3.8) is 0 Å². The van der Waals surface area contributed by atoms with Crippen molar-refractivity contribution in [1.29, 1.82) is 0 Å². The van der Waals surface area contributed by atoms with Crippen LogP contribution in [0.5, 0.6) is 0 Å². The van der Waals surface area contributed by atoms with Gasteiger partial charge in [0.25, 0.3) is 5.56 Å². The number of nitrogens with one attached hydrogen (secondary N) is 2. The van der Waals surface area contributed by atoms with Crippen molar-refractivity contribution in [1.82, 2.24) is 29.6 Å². The second-order valence-corrected chi connectivity index (χ2v) is 9.58. The highest BCUT2D eigenvalue weighted by Crippen LogP contribution is 2.32. The Morgan fingerprint density at radius 3 is 2.71 bits per heavy atom. The molecular weight excluding hydrogens is 487 g/mol. The zero-order valence-corrected chi connectivity index (χ0v) is 21.5. The van der Waals surface area contributed by atoms with E-state index in [4.69, 9.17) is 5.73 Å². The standard InChI is InChI=1S/C27H29FN8O2/c1-15-8-17(10-20(28)9-15)11-30-25-27(38)36-21(24(34-25)19-13-32-35(3)14-19)5-6-22(36)26(37)31-12-18-4-7-23(29)33-16(18)2/h4,7-10,13-14,22H,5-6,11-12H2,1-3H3,(H2,29,33)(H,30,34)(H,31,37)/t22-/m0/s1. The molecule has 4 heterocycles. The lowest BCUT2D eigenvalue weighted by molar-refractivity contribution is -0.124. The number of nitrogens with two attached hydrogens (primary N) is 1. The zero-order valence-electron chi connectivity index (χ0n) is 21.5. The third kappa shape index (κ3) is 4.99. The van der Waals surface area contributed by atoms with Crippen LogP contribution in [-0.4, -0.2) is 30.2 Å². The van der Waals surface area contributed by atoms with E-state index >= 15 is 0 Å². The van der Waals surface area contributed by atoms with Gasteiger partial charge in [0.1, 0.15) is 17.7 Å². The smallest absolute Gasteiger partial charge is 0.294 e. The Labute approximate surface area is 218 Å². The summed E-state index contributed by atoms with van der Waals surface area (Å²) in [6, 6.07) is 7.51. The summed E-state index contributed by atoms with van der Waals surface area (Å²) in [5, 5.41) is 10.3. The summed E-state index contributed by atoms with van der Waals surface area (Å²) >= 11 is 0. The topological polar surface area (TPSA) is 133 Å². The predicted molar refractivity (Wildman–Crippen MR) is 142 cm³/mol. The van der Waals surface area contributed by atoms with Gasteiger partial charge in [-0.3, -0.25) is 18.8 Å². The Hall–Kier alpha value is -4.54. The molecule has 10 nitrogen and oxygen atoms in total. The summed E-state index contributed by atoms with van der Waals surface area (Å²) in [7, 11) is 1.80. The lowest BCUT2D eigenvalue weighted by Crippen LogP contribution is -2.36. The van der Waals surface area contributed by atoms with Crippen LogP contribution >= 0.6 is 0 Å². The van der Waals surface area contributed by atoms with Gasteiger partial charge in [-0.2, -0.15) is 5.10 Å². The van der Waals surface area contributed by atoms with Crippen molar-refractivity contribution in [2.75, 3.05) is 11.1 Å². The quantitative estimate of drug-likeness (QED) is 0.344. The van der Waals surface area contributed by atoms with Gasteiger partial charge in [0.05, 0.1) is 11.9 Å². The molecule has 1 atom stereocenters. The van der Waals surface area contributed by atoms with Crippen LogP contribution in [0, 0.1) is 19.7 Å². The fraction of sp³-hybridized carbons (Fsp3) is 0.296. The number of anilines is 2. The van der Waals surface area contributed by atoms with Gasteiger partial charge in [0, 0.05) is 43.3 Å². The molecule has 5 rings (SSSR count). The molecule has 0 unspecified atom stereocenters. The molecule has 0 saturated carbocycles. The number of halogens is 1. The summed E-state index contributed by atoms with van der Waals surface area (Å²) in [4.78, 5) is 35.8. The van der Waals surface area contributed by atoms with Gasteiger partial charge in [0.2, 0.25) is 5.91 Å². The van der Waals surface area contributed by atoms with Crippen LogP contribution in [0.1, 0.15) is 40.5 Å². The summed E-state index contributed by atoms with van der Waals surface area (Å²) in [5.74, 6) is -0.109. The Kier molecular flexibility index (Phi) is 6.66. The Morgan fingerprint density at radius 2 is 2.00 bits per heavy atom. The van der Waals surface area contributed by atoms with E-state index in [0.29, 0.717) is 35.6 Å². The number of nitrogens with zero attached hydrogens (tertiary/aromatic N) is 5. The normalized spacial score (nSPS) is 14.4. The summed E-state index contributed by atoms with van der Waals surface area (Å²) in [6.07, 6.45) is 4.47. The van der Waals surface area contributed by atoms with Crippen molar-refractivity contribution in [3.05, 3.63) is 87.0 Å². The fourth-order valence-corrected chi connectivity index (χ4v) is 4.88. The third-order valence-corrected chi connectivity index (χ3v) is 6.69. The Bertz CT molecular complexity index is 1570. The average Bonchev–Trinajstić information content (AvgIpc) is 3.49. The monoisotopic (exact) mass is 516 g/mol. The van der Waals surface area contributed by atoms with Gasteiger partial charge in [-0.05, 0) is 61.6 Å². The van der Waals surface area contributed by atoms with Crippen LogP contribution in [0.15, 0.2) is 47.5 Å². The predicted octanol–water partition coefficient (Wildman–Crippen LogP) is 2.79. The minimum absolute atomic E-state index is 0.0906. The molecule has 4 N–H and O–H groups in total. The maximum Gasteiger partial charge on any atom is 0.294 e. The number of rotatable bonds is 7. The van der Waals surface area contributed by atoms with Gasteiger partial charge >= 0.3 is 0 Å². The molecule has 11 heteroatoms. The molecule has 0 bridgehead atoms. The Morgan fingerprint density at radius 1 is 1.18 bits per heavy atom. The summed E-state index contributed by atoms with van der Waals surface area (Å²) in [6.45, 7) is 4.11. The summed E-state index contributed by atoms with van der Waals surface area (Å²) < 4.78 is 17.1. The van der Waals surface area contributed by atoms with Crippen LogP contribution < -0.4 is 21.9 Å². The van der Waals surface area contributed by atoms with Gasteiger partial charge in [-0.15, -0.1) is 0 Å². The molecule has 38 heavy (non-hydrogen) atoms. The van der Waals surface area contributed by atoms with Gasteiger partial charge in [-0.1, -0.05) is 12.1 Å². The van der Waals surface area contributed by atoms with Crippen LogP contribution in [0.25, 0.3) is 11.3 Å².